The van der Waals surface area contributed by atoms with E-state index in [9.17, 15) is 9.59 Å². The number of piperidine rings is 1. The molecule has 1 atom stereocenters. The van der Waals surface area contributed by atoms with Gasteiger partial charge in [-0.05, 0) is 37.8 Å². The van der Waals surface area contributed by atoms with Crippen LogP contribution in [0.3, 0.4) is 0 Å². The number of rotatable bonds is 1. The molecule has 3 aliphatic heterocycles. The van der Waals surface area contributed by atoms with E-state index in [0.29, 0.717) is 25.2 Å². The third-order valence-electron chi connectivity index (χ3n) is 7.13. The van der Waals surface area contributed by atoms with Crippen LogP contribution >= 0.6 is 0 Å². The predicted octanol–water partition coefficient (Wildman–Crippen LogP) is 2.85. The Morgan fingerprint density at radius 3 is 2.71 bits per heavy atom. The molecule has 10 heteroatoms. The van der Waals surface area contributed by atoms with E-state index in [0.717, 1.165) is 61.7 Å². The number of carbonyl (C=O) groups excluding carboxylic acids is 2. The van der Waals surface area contributed by atoms with Crippen molar-refractivity contribution in [1.82, 2.24) is 24.8 Å². The predicted molar refractivity (Wildman–Crippen MR) is 131 cm³/mol. The number of ether oxygens (including phenoxy) is 1. The van der Waals surface area contributed by atoms with Crippen LogP contribution < -0.4 is 19.9 Å². The highest BCUT2D eigenvalue weighted by atomic mass is 16.6. The fourth-order valence-electron chi connectivity index (χ4n) is 5.05. The number of aromatic nitrogens is 3. The molecule has 2 amide bonds. The Bertz CT molecular complexity index is 1290. The molecule has 35 heavy (non-hydrogen) atoms. The lowest BCUT2D eigenvalue weighted by atomic mass is 9.98. The average Bonchev–Trinajstić information content (AvgIpc) is 3.26. The number of para-hydroxylation sites is 1. The maximum atomic E-state index is 13.7. The Morgan fingerprint density at radius 1 is 1.03 bits per heavy atom. The standard InChI is InChI=1S/C25H29N7O3/c1-29-14-10-26-25(34)35-20-9-3-2-7-17(20)24(33)31-13-5-4-8-19(31)18-15-22-27-21(30-11-6-12-30)16-23(29)32(22)28-18/h2-3,7,9,15-16,19H,4-6,8,10-14H2,1H3,(H,26,34). The van der Waals surface area contributed by atoms with Gasteiger partial charge in [-0.1, -0.05) is 12.1 Å². The zero-order valence-corrected chi connectivity index (χ0v) is 19.8. The first-order chi connectivity index (χ1) is 17.1. The molecule has 10 nitrogen and oxygen atoms in total. The van der Waals surface area contributed by atoms with Crippen LogP contribution in [-0.4, -0.2) is 71.3 Å². The number of hydrogen-bond donors (Lipinski definition) is 1. The van der Waals surface area contributed by atoms with Gasteiger partial charge in [0.05, 0.1) is 17.3 Å². The summed E-state index contributed by atoms with van der Waals surface area (Å²) in [7, 11) is 1.98. The van der Waals surface area contributed by atoms with E-state index in [-0.39, 0.29) is 17.7 Å². The van der Waals surface area contributed by atoms with Crippen LogP contribution in [0.2, 0.25) is 0 Å². The molecular weight excluding hydrogens is 446 g/mol. The minimum Gasteiger partial charge on any atom is -0.409 e. The molecule has 0 radical (unpaired) electrons. The topological polar surface area (TPSA) is 95.3 Å². The molecule has 0 spiro atoms. The van der Waals surface area contributed by atoms with Gasteiger partial charge in [-0.15, -0.1) is 0 Å². The smallest absolute Gasteiger partial charge is 0.409 e. The van der Waals surface area contributed by atoms with Crippen LogP contribution in [0.5, 0.6) is 5.75 Å². The fourth-order valence-corrected chi connectivity index (χ4v) is 5.05. The van der Waals surface area contributed by atoms with Crippen molar-refractivity contribution >= 4 is 29.3 Å². The second-order valence-corrected chi connectivity index (χ2v) is 9.40. The number of nitrogens with one attached hydrogen (secondary N) is 1. The summed E-state index contributed by atoms with van der Waals surface area (Å²) in [4.78, 5) is 37.4. The van der Waals surface area contributed by atoms with Crippen molar-refractivity contribution < 1.29 is 14.3 Å². The molecule has 0 saturated carbocycles. The lowest BCUT2D eigenvalue weighted by Crippen LogP contribution is -2.39. The maximum Gasteiger partial charge on any atom is 0.412 e. The molecule has 0 aliphatic carbocycles. The third-order valence-corrected chi connectivity index (χ3v) is 7.13. The zero-order valence-electron chi connectivity index (χ0n) is 19.8. The molecule has 2 fully saturated rings. The van der Waals surface area contributed by atoms with E-state index < -0.39 is 6.09 Å². The van der Waals surface area contributed by atoms with Gasteiger partial charge in [0.25, 0.3) is 5.91 Å². The summed E-state index contributed by atoms with van der Waals surface area (Å²) in [6.07, 6.45) is 3.34. The zero-order chi connectivity index (χ0) is 23.9. The minimum atomic E-state index is -0.578. The van der Waals surface area contributed by atoms with E-state index >= 15 is 0 Å². The van der Waals surface area contributed by atoms with Crippen molar-refractivity contribution in [2.75, 3.05) is 49.6 Å². The van der Waals surface area contributed by atoms with Crippen LogP contribution in [-0.2, 0) is 0 Å². The number of nitrogens with zero attached hydrogens (tertiary/aromatic N) is 6. The van der Waals surface area contributed by atoms with Gasteiger partial charge in [-0.25, -0.2) is 9.78 Å². The van der Waals surface area contributed by atoms with Gasteiger partial charge in [0.15, 0.2) is 5.65 Å². The summed E-state index contributed by atoms with van der Waals surface area (Å²) in [5.74, 6) is 1.93. The molecule has 6 rings (SSSR count). The van der Waals surface area contributed by atoms with Gasteiger partial charge < -0.3 is 24.8 Å². The van der Waals surface area contributed by atoms with E-state index in [1.807, 2.05) is 22.5 Å². The van der Waals surface area contributed by atoms with Crippen molar-refractivity contribution in [2.45, 2.75) is 31.7 Å². The third kappa shape index (κ3) is 3.92. The Hall–Kier alpha value is -3.82. The highest BCUT2D eigenvalue weighted by molar-refractivity contribution is 5.98. The monoisotopic (exact) mass is 475 g/mol. The molecule has 2 saturated heterocycles. The van der Waals surface area contributed by atoms with Crippen LogP contribution in [0.15, 0.2) is 36.4 Å². The van der Waals surface area contributed by atoms with Crippen molar-refractivity contribution in [2.24, 2.45) is 0 Å². The summed E-state index contributed by atoms with van der Waals surface area (Å²) in [6, 6.07) is 10.8. The number of likely N-dealkylation sites (N-methyl/N-ethyl adjacent to an activating group) is 1. The highest BCUT2D eigenvalue weighted by Crippen LogP contribution is 2.35. The number of hydrogen-bond acceptors (Lipinski definition) is 7. The number of anilines is 2. The highest BCUT2D eigenvalue weighted by Gasteiger charge is 2.33. The van der Waals surface area contributed by atoms with Gasteiger partial charge in [0.1, 0.15) is 17.4 Å². The first-order valence-electron chi connectivity index (χ1n) is 12.3. The molecular formula is C25H29N7O3. The average molecular weight is 476 g/mol. The minimum absolute atomic E-state index is 0.156. The van der Waals surface area contributed by atoms with Crippen molar-refractivity contribution in [3.8, 4) is 5.75 Å². The normalized spacial score (nSPS) is 20.9. The Labute approximate surface area is 203 Å². The molecule has 1 unspecified atom stereocenters. The fraction of sp³-hybridized carbons (Fsp3) is 0.440. The van der Waals surface area contributed by atoms with Crippen molar-refractivity contribution in [1.29, 1.82) is 0 Å². The SMILES string of the molecule is CN1CCNC(=O)Oc2ccccc2C(=O)N2CCCCC2c2cc3nc(N4CCC4)cc1n3n2. The number of carbonyl (C=O) groups is 2. The summed E-state index contributed by atoms with van der Waals surface area (Å²) in [5.41, 5.74) is 1.98. The van der Waals surface area contributed by atoms with E-state index in [2.05, 4.69) is 21.2 Å². The Balaban J connectivity index is 1.48. The lowest BCUT2D eigenvalue weighted by molar-refractivity contribution is 0.0603. The molecule has 3 aliphatic rings. The quantitative estimate of drug-likeness (QED) is 0.578. The van der Waals surface area contributed by atoms with Gasteiger partial charge >= 0.3 is 6.09 Å². The van der Waals surface area contributed by atoms with Crippen LogP contribution in [0.1, 0.15) is 47.8 Å². The molecule has 1 aromatic carbocycles. The number of amides is 2. The molecule has 3 aromatic rings. The number of benzene rings is 1. The van der Waals surface area contributed by atoms with Crippen LogP contribution in [0, 0.1) is 0 Å². The van der Waals surface area contributed by atoms with Crippen LogP contribution in [0.4, 0.5) is 16.4 Å². The van der Waals surface area contributed by atoms with E-state index in [1.165, 1.54) is 0 Å². The van der Waals surface area contributed by atoms with Gasteiger partial charge in [-0.2, -0.15) is 9.61 Å². The second-order valence-electron chi connectivity index (χ2n) is 9.40. The van der Waals surface area contributed by atoms with Crippen LogP contribution in [0.25, 0.3) is 5.65 Å². The number of fused-ring (bicyclic) bond motifs is 4. The maximum absolute atomic E-state index is 13.7. The van der Waals surface area contributed by atoms with Gasteiger partial charge in [-0.3, -0.25) is 4.79 Å². The molecule has 5 heterocycles. The van der Waals surface area contributed by atoms with Gasteiger partial charge in [0, 0.05) is 51.9 Å². The van der Waals surface area contributed by atoms with Crippen molar-refractivity contribution in [3.63, 3.8) is 0 Å². The largest absolute Gasteiger partial charge is 0.412 e. The summed E-state index contributed by atoms with van der Waals surface area (Å²) >= 11 is 0. The first-order valence-corrected chi connectivity index (χ1v) is 12.3. The summed E-state index contributed by atoms with van der Waals surface area (Å²) < 4.78 is 7.43. The molecule has 182 valence electrons. The lowest BCUT2D eigenvalue weighted by Gasteiger charge is -2.35. The molecule has 2 bridgehead atoms. The van der Waals surface area contributed by atoms with E-state index in [1.54, 1.807) is 24.3 Å². The van der Waals surface area contributed by atoms with Crippen molar-refractivity contribution in [3.05, 3.63) is 47.7 Å². The Morgan fingerprint density at radius 2 is 1.89 bits per heavy atom. The first kappa shape index (κ1) is 21.7. The van der Waals surface area contributed by atoms with Gasteiger partial charge in [0.2, 0.25) is 0 Å². The molecule has 2 aromatic heterocycles. The summed E-state index contributed by atoms with van der Waals surface area (Å²) in [6.45, 7) is 3.53. The second kappa shape index (κ2) is 8.75. The van der Waals surface area contributed by atoms with E-state index in [4.69, 9.17) is 14.8 Å². The summed E-state index contributed by atoms with van der Waals surface area (Å²) in [5, 5.41) is 7.77. The molecule has 1 N–H and O–H groups in total. The Kier molecular flexibility index (Phi) is 5.43.